The van der Waals surface area contributed by atoms with Crippen molar-refractivity contribution in [1.29, 1.82) is 0 Å². The Morgan fingerprint density at radius 2 is 1.82 bits per heavy atom. The molecule has 0 saturated heterocycles. The highest BCUT2D eigenvalue weighted by Crippen LogP contribution is 2.42. The fraction of sp³-hybridized carbons (Fsp3) is 0.200. The number of aliphatic hydroxyl groups excluding tert-OH is 1. The van der Waals surface area contributed by atoms with E-state index in [1.165, 1.54) is 17.0 Å². The number of hydrogen-bond acceptors (Lipinski definition) is 7. The molecule has 1 amide bonds. The van der Waals surface area contributed by atoms with Gasteiger partial charge in [-0.05, 0) is 60.2 Å². The lowest BCUT2D eigenvalue weighted by Gasteiger charge is -2.35. The Balaban J connectivity index is 1.27. The number of benzene rings is 2. The summed E-state index contributed by atoms with van der Waals surface area (Å²) >= 11 is 0. The first-order chi connectivity index (χ1) is 19.5. The minimum Gasteiger partial charge on any atom is -0.396 e. The zero-order valence-corrected chi connectivity index (χ0v) is 21.7. The Morgan fingerprint density at radius 3 is 2.58 bits per heavy atom. The Kier molecular flexibility index (Phi) is 6.63. The Hall–Kier alpha value is -4.80. The second-order valence-corrected chi connectivity index (χ2v) is 10.0. The van der Waals surface area contributed by atoms with E-state index in [9.17, 15) is 14.7 Å². The molecule has 0 spiro atoms. The average Bonchev–Trinajstić information content (AvgIpc) is 3.33. The van der Waals surface area contributed by atoms with Crippen molar-refractivity contribution in [3.8, 4) is 16.8 Å². The second kappa shape index (κ2) is 10.4. The standard InChI is InChI=1S/C30H29N7O3/c31-14-20-4-1-2-6-25(20)36-11-3-5-23(30(36)40)29(39)35-21-9-7-19(8-10-21)24-15-37(22-12-18(13-22)16-38)28-26(24)27(32)33-17-34-28/h1-11,15,17-18,22,38H,12-14,16,31H2,(H,35,39)(H2,32,33,34)/t18-,22+. The summed E-state index contributed by atoms with van der Waals surface area (Å²) < 4.78 is 3.56. The number of nitrogens with zero attached hydrogens (tertiary/aromatic N) is 4. The van der Waals surface area contributed by atoms with E-state index in [4.69, 9.17) is 11.5 Å². The number of nitrogen functional groups attached to an aromatic ring is 1. The molecule has 6 N–H and O–H groups in total. The van der Waals surface area contributed by atoms with Crippen LogP contribution in [0.4, 0.5) is 11.5 Å². The van der Waals surface area contributed by atoms with Gasteiger partial charge in [-0.3, -0.25) is 14.2 Å². The number of fused-ring (bicyclic) bond motifs is 1. The topological polar surface area (TPSA) is 154 Å². The van der Waals surface area contributed by atoms with Crippen LogP contribution in [0.2, 0.25) is 0 Å². The van der Waals surface area contributed by atoms with Crippen LogP contribution in [0, 0.1) is 5.92 Å². The number of rotatable bonds is 7. The van der Waals surface area contributed by atoms with Gasteiger partial charge in [0.25, 0.3) is 11.5 Å². The summed E-state index contributed by atoms with van der Waals surface area (Å²) in [6.07, 6.45) is 6.89. The number of nitrogens with two attached hydrogens (primary N) is 2. The van der Waals surface area contributed by atoms with Gasteiger partial charge < -0.3 is 26.5 Å². The number of hydrogen-bond donors (Lipinski definition) is 4. The first-order valence-electron chi connectivity index (χ1n) is 13.1. The lowest BCUT2D eigenvalue weighted by molar-refractivity contribution is 0.102. The monoisotopic (exact) mass is 535 g/mol. The number of aliphatic hydroxyl groups is 1. The van der Waals surface area contributed by atoms with Crippen LogP contribution < -0.4 is 22.3 Å². The predicted molar refractivity (Wildman–Crippen MR) is 154 cm³/mol. The smallest absolute Gasteiger partial charge is 0.267 e. The van der Waals surface area contributed by atoms with E-state index in [2.05, 4.69) is 19.9 Å². The molecular weight excluding hydrogens is 506 g/mol. The lowest BCUT2D eigenvalue weighted by atomic mass is 9.81. The molecule has 6 rings (SSSR count). The van der Waals surface area contributed by atoms with Crippen LogP contribution in [-0.4, -0.2) is 36.7 Å². The zero-order chi connectivity index (χ0) is 27.8. The van der Waals surface area contributed by atoms with Crippen molar-refractivity contribution in [3.05, 3.63) is 101 Å². The van der Waals surface area contributed by atoms with Gasteiger partial charge in [0.1, 0.15) is 23.4 Å². The summed E-state index contributed by atoms with van der Waals surface area (Å²) in [6, 6.07) is 18.1. The third kappa shape index (κ3) is 4.42. The van der Waals surface area contributed by atoms with E-state index >= 15 is 0 Å². The van der Waals surface area contributed by atoms with Crippen molar-refractivity contribution in [2.45, 2.75) is 25.4 Å². The van der Waals surface area contributed by atoms with E-state index in [1.807, 2.05) is 36.5 Å². The summed E-state index contributed by atoms with van der Waals surface area (Å²) in [6.45, 7) is 0.455. The van der Waals surface area contributed by atoms with E-state index in [-0.39, 0.29) is 24.8 Å². The Bertz CT molecular complexity index is 1770. The maximum Gasteiger partial charge on any atom is 0.267 e. The molecule has 40 heavy (non-hydrogen) atoms. The lowest BCUT2D eigenvalue weighted by Crippen LogP contribution is -2.28. The van der Waals surface area contributed by atoms with Gasteiger partial charge in [-0.25, -0.2) is 9.97 Å². The van der Waals surface area contributed by atoms with Crippen molar-refractivity contribution in [2.75, 3.05) is 17.7 Å². The number of amides is 1. The maximum atomic E-state index is 13.2. The molecule has 10 heteroatoms. The first-order valence-corrected chi connectivity index (χ1v) is 13.1. The second-order valence-electron chi connectivity index (χ2n) is 10.0. The molecule has 1 saturated carbocycles. The van der Waals surface area contributed by atoms with Crippen LogP contribution in [0.1, 0.15) is 34.8 Å². The van der Waals surface area contributed by atoms with Gasteiger partial charge >= 0.3 is 0 Å². The summed E-state index contributed by atoms with van der Waals surface area (Å²) in [5.74, 6) is 0.192. The van der Waals surface area contributed by atoms with E-state index < -0.39 is 11.5 Å². The molecule has 1 aliphatic rings. The number of para-hydroxylation sites is 1. The molecule has 0 bridgehead atoms. The quantitative estimate of drug-likeness (QED) is 0.249. The minimum atomic E-state index is -0.505. The summed E-state index contributed by atoms with van der Waals surface area (Å²) in [7, 11) is 0. The van der Waals surface area contributed by atoms with Crippen molar-refractivity contribution >= 4 is 28.4 Å². The molecule has 3 heterocycles. The molecule has 0 unspecified atom stereocenters. The highest BCUT2D eigenvalue weighted by Gasteiger charge is 2.32. The summed E-state index contributed by atoms with van der Waals surface area (Å²) in [5, 5.41) is 13.1. The third-order valence-electron chi connectivity index (χ3n) is 7.62. The number of carbonyl (C=O) groups excluding carboxylic acids is 1. The fourth-order valence-electron chi connectivity index (χ4n) is 5.39. The molecule has 10 nitrogen and oxygen atoms in total. The summed E-state index contributed by atoms with van der Waals surface area (Å²) in [4.78, 5) is 35.0. The van der Waals surface area contributed by atoms with Crippen molar-refractivity contribution < 1.29 is 9.90 Å². The Labute approximate surface area is 229 Å². The predicted octanol–water partition coefficient (Wildman–Crippen LogP) is 3.49. The first kappa shape index (κ1) is 25.5. The van der Waals surface area contributed by atoms with Crippen LogP contribution in [0.5, 0.6) is 0 Å². The van der Waals surface area contributed by atoms with Crippen LogP contribution in [0.3, 0.4) is 0 Å². The largest absolute Gasteiger partial charge is 0.396 e. The highest BCUT2D eigenvalue weighted by atomic mass is 16.3. The summed E-state index contributed by atoms with van der Waals surface area (Å²) in [5.41, 5.74) is 16.2. The normalized spacial score (nSPS) is 16.6. The van der Waals surface area contributed by atoms with Crippen molar-refractivity contribution in [1.82, 2.24) is 19.1 Å². The van der Waals surface area contributed by atoms with Gasteiger partial charge in [-0.2, -0.15) is 0 Å². The number of nitrogens with one attached hydrogen (secondary N) is 1. The van der Waals surface area contributed by atoms with E-state index in [1.54, 1.807) is 30.5 Å². The molecule has 0 atom stereocenters. The minimum absolute atomic E-state index is 0.0214. The van der Waals surface area contributed by atoms with E-state index in [0.717, 1.165) is 40.6 Å². The zero-order valence-electron chi connectivity index (χ0n) is 21.7. The molecule has 1 fully saturated rings. The van der Waals surface area contributed by atoms with Gasteiger partial charge in [0.05, 0.1) is 11.1 Å². The van der Waals surface area contributed by atoms with Gasteiger partial charge in [0.15, 0.2) is 0 Å². The molecule has 5 aromatic rings. The SMILES string of the molecule is NCc1ccccc1-n1cccc(C(=O)Nc2ccc(-c3cn([C@H]4C[C@@H](CO)C4)c4ncnc(N)c34)cc2)c1=O. The average molecular weight is 536 g/mol. The molecule has 0 aliphatic heterocycles. The van der Waals surface area contributed by atoms with Gasteiger partial charge in [0.2, 0.25) is 0 Å². The van der Waals surface area contributed by atoms with Crippen LogP contribution in [0.25, 0.3) is 27.8 Å². The maximum absolute atomic E-state index is 13.2. The fourth-order valence-corrected chi connectivity index (χ4v) is 5.39. The van der Waals surface area contributed by atoms with Crippen LogP contribution in [0.15, 0.2) is 84.2 Å². The number of carbonyl (C=O) groups is 1. The van der Waals surface area contributed by atoms with Crippen LogP contribution in [-0.2, 0) is 6.54 Å². The molecule has 2 aromatic carbocycles. The van der Waals surface area contributed by atoms with Crippen LogP contribution >= 0.6 is 0 Å². The van der Waals surface area contributed by atoms with Gasteiger partial charge in [0, 0.05) is 42.8 Å². The van der Waals surface area contributed by atoms with Gasteiger partial charge in [-0.15, -0.1) is 0 Å². The van der Waals surface area contributed by atoms with Gasteiger partial charge in [-0.1, -0.05) is 30.3 Å². The molecule has 202 valence electrons. The molecule has 1 aliphatic carbocycles. The number of anilines is 2. The molecule has 0 radical (unpaired) electrons. The molecular formula is C30H29N7O3. The van der Waals surface area contributed by atoms with E-state index in [0.29, 0.717) is 23.1 Å². The third-order valence-corrected chi connectivity index (χ3v) is 7.62. The Morgan fingerprint density at radius 1 is 1.05 bits per heavy atom. The van der Waals surface area contributed by atoms with Crippen molar-refractivity contribution in [2.24, 2.45) is 11.7 Å². The van der Waals surface area contributed by atoms with Crippen molar-refractivity contribution in [3.63, 3.8) is 0 Å². The number of aromatic nitrogens is 4. The highest BCUT2D eigenvalue weighted by molar-refractivity contribution is 6.04. The number of pyridine rings is 1. The molecule has 3 aromatic heterocycles.